The van der Waals surface area contributed by atoms with Gasteiger partial charge in [0.15, 0.2) is 0 Å². The van der Waals surface area contributed by atoms with E-state index in [0.29, 0.717) is 0 Å². The van der Waals surface area contributed by atoms with Gasteiger partial charge in [0, 0.05) is 0 Å². The average Bonchev–Trinajstić information content (AvgIpc) is 2.30. The summed E-state index contributed by atoms with van der Waals surface area (Å²) in [5, 5.41) is 0. The van der Waals surface area contributed by atoms with Crippen molar-refractivity contribution in [2.45, 2.75) is 44.3 Å². The van der Waals surface area contributed by atoms with Gasteiger partial charge in [-0.05, 0) is 18.4 Å². The van der Waals surface area contributed by atoms with Gasteiger partial charge >= 0.3 is 0 Å². The van der Waals surface area contributed by atoms with E-state index in [1.807, 2.05) is 0 Å². The number of rotatable bonds is 6. The molecule has 0 amide bonds. The van der Waals surface area contributed by atoms with Crippen LogP contribution >= 0.6 is 22.5 Å². The third-order valence-corrected chi connectivity index (χ3v) is 4.82. The predicted octanol–water partition coefficient (Wildman–Crippen LogP) is 5.06. The van der Waals surface area contributed by atoms with Gasteiger partial charge in [-0.15, -0.1) is 11.7 Å². The Morgan fingerprint density at radius 1 is 1.07 bits per heavy atom. The number of benzene rings is 1. The van der Waals surface area contributed by atoms with Gasteiger partial charge in [0.05, 0.1) is 4.75 Å². The normalized spacial score (nSPS) is 11.7. The summed E-state index contributed by atoms with van der Waals surface area (Å²) in [5.74, 6) is 0. The first-order valence-corrected chi connectivity index (χ1v) is 7.54. The highest BCUT2D eigenvalue weighted by Gasteiger charge is 2.29. The molecule has 0 radical (unpaired) electrons. The molecule has 0 aromatic heterocycles. The van der Waals surface area contributed by atoms with E-state index in [1.165, 1.54) is 31.2 Å². The van der Waals surface area contributed by atoms with Gasteiger partial charge in [-0.3, -0.25) is 0 Å². The Morgan fingerprint density at radius 2 is 1.60 bits per heavy atom. The van der Waals surface area contributed by atoms with Crippen LogP contribution in [0.15, 0.2) is 30.3 Å². The van der Waals surface area contributed by atoms with Crippen LogP contribution < -0.4 is 0 Å². The van der Waals surface area contributed by atoms with Crippen LogP contribution in [0, 0.1) is 0 Å². The molecule has 0 bridgehead atoms. The Morgan fingerprint density at radius 3 is 2.00 bits per heavy atom. The third-order valence-electron chi connectivity index (χ3n) is 2.78. The second-order valence-corrected chi connectivity index (χ2v) is 5.46. The molecule has 1 aromatic carbocycles. The molecule has 0 nitrogen and oxygen atoms in total. The van der Waals surface area contributed by atoms with E-state index >= 15 is 0 Å². The van der Waals surface area contributed by atoms with E-state index < -0.39 is 0 Å². The minimum absolute atomic E-state index is 0.216. The monoisotopic (exact) mass is 240 g/mol. The molecule has 0 unspecified atom stereocenters. The second-order valence-electron chi connectivity index (χ2n) is 3.95. The van der Waals surface area contributed by atoms with E-state index in [1.54, 1.807) is 10.8 Å². The molecule has 2 heteroatoms. The number of hydrogen-bond donors (Lipinski definition) is 1. The van der Waals surface area contributed by atoms with Crippen molar-refractivity contribution in [3.05, 3.63) is 35.9 Å². The predicted molar refractivity (Wildman–Crippen MR) is 74.5 cm³/mol. The van der Waals surface area contributed by atoms with Gasteiger partial charge in [0.25, 0.3) is 0 Å². The van der Waals surface area contributed by atoms with E-state index in [4.69, 9.17) is 0 Å². The zero-order valence-electron chi connectivity index (χ0n) is 9.57. The molecule has 0 aliphatic heterocycles. The Hall–Kier alpha value is -0.0800. The van der Waals surface area contributed by atoms with Crippen LogP contribution in [0.5, 0.6) is 0 Å². The zero-order chi connectivity index (χ0) is 11.1. The lowest BCUT2D eigenvalue weighted by atomic mass is 9.89. The maximum Gasteiger partial charge on any atom is 0.0509 e. The molecule has 1 aromatic rings. The molecule has 0 fully saturated rings. The van der Waals surface area contributed by atoms with E-state index in [9.17, 15) is 0 Å². The van der Waals surface area contributed by atoms with Crippen LogP contribution in [0.3, 0.4) is 0 Å². The van der Waals surface area contributed by atoms with Crippen LogP contribution in [-0.4, -0.2) is 0 Å². The standard InChI is InChI=1S/C13H20S2/c1-3-10-13(15-14,11-4-2)12-8-6-5-7-9-12/h5-9,14H,3-4,10-11H2,1-2H3. The van der Waals surface area contributed by atoms with Gasteiger partial charge in [0.1, 0.15) is 0 Å². The van der Waals surface area contributed by atoms with E-state index in [0.717, 1.165) is 0 Å². The lowest BCUT2D eigenvalue weighted by Crippen LogP contribution is -2.20. The highest BCUT2D eigenvalue weighted by atomic mass is 33.1. The molecule has 15 heavy (non-hydrogen) atoms. The maximum atomic E-state index is 4.50. The van der Waals surface area contributed by atoms with Gasteiger partial charge in [-0.2, -0.15) is 0 Å². The molecule has 0 N–H and O–H groups in total. The first-order valence-electron chi connectivity index (χ1n) is 5.67. The topological polar surface area (TPSA) is 0 Å². The van der Waals surface area contributed by atoms with Crippen LogP contribution in [0.25, 0.3) is 0 Å². The van der Waals surface area contributed by atoms with Gasteiger partial charge in [0.2, 0.25) is 0 Å². The highest BCUT2D eigenvalue weighted by Crippen LogP contribution is 2.46. The van der Waals surface area contributed by atoms with Gasteiger partial charge < -0.3 is 0 Å². The van der Waals surface area contributed by atoms with Gasteiger partial charge in [-0.1, -0.05) is 67.8 Å². The summed E-state index contributed by atoms with van der Waals surface area (Å²) in [7, 11) is 1.71. The van der Waals surface area contributed by atoms with Crippen molar-refractivity contribution in [3.63, 3.8) is 0 Å². The quantitative estimate of drug-likeness (QED) is 0.535. The summed E-state index contributed by atoms with van der Waals surface area (Å²) in [6.45, 7) is 4.49. The van der Waals surface area contributed by atoms with Crippen molar-refractivity contribution in [1.82, 2.24) is 0 Å². The van der Waals surface area contributed by atoms with Crippen molar-refractivity contribution in [2.75, 3.05) is 0 Å². The largest absolute Gasteiger partial charge is 0.110 e. The fourth-order valence-electron chi connectivity index (χ4n) is 2.11. The van der Waals surface area contributed by atoms with Gasteiger partial charge in [-0.25, -0.2) is 0 Å². The fraction of sp³-hybridized carbons (Fsp3) is 0.538. The van der Waals surface area contributed by atoms with Crippen molar-refractivity contribution < 1.29 is 0 Å². The van der Waals surface area contributed by atoms with Crippen LogP contribution in [0.4, 0.5) is 0 Å². The van der Waals surface area contributed by atoms with Crippen LogP contribution in [0.2, 0.25) is 0 Å². The molecule has 1 rings (SSSR count). The first-order chi connectivity index (χ1) is 7.29. The fourth-order valence-corrected chi connectivity index (χ4v) is 3.80. The summed E-state index contributed by atoms with van der Waals surface area (Å²) >= 11 is 4.50. The SMILES string of the molecule is CCCC(CCC)(SS)c1ccccc1. The second kappa shape index (κ2) is 6.49. The van der Waals surface area contributed by atoms with Crippen molar-refractivity contribution >= 4 is 22.5 Å². The average molecular weight is 240 g/mol. The number of thiol groups is 1. The Kier molecular flexibility index (Phi) is 5.62. The van der Waals surface area contributed by atoms with E-state index in [-0.39, 0.29) is 4.75 Å². The minimum atomic E-state index is 0.216. The molecular weight excluding hydrogens is 220 g/mol. The van der Waals surface area contributed by atoms with Crippen LogP contribution in [-0.2, 0) is 4.75 Å². The molecule has 0 saturated heterocycles. The summed E-state index contributed by atoms with van der Waals surface area (Å²) in [6, 6.07) is 10.8. The van der Waals surface area contributed by atoms with Crippen molar-refractivity contribution in [3.8, 4) is 0 Å². The molecule has 0 spiro atoms. The molecule has 0 heterocycles. The Labute approximate surface area is 103 Å². The lowest BCUT2D eigenvalue weighted by Gasteiger charge is -2.31. The molecular formula is C13H20S2. The summed E-state index contributed by atoms with van der Waals surface area (Å²) < 4.78 is 0.216. The molecule has 0 aliphatic rings. The Bertz CT molecular complexity index is 263. The first kappa shape index (κ1) is 13.0. The molecule has 0 atom stereocenters. The number of hydrogen-bond acceptors (Lipinski definition) is 2. The minimum Gasteiger partial charge on any atom is -0.110 e. The van der Waals surface area contributed by atoms with E-state index in [2.05, 4.69) is 55.8 Å². The van der Waals surface area contributed by atoms with Crippen LogP contribution in [0.1, 0.15) is 45.1 Å². The zero-order valence-corrected chi connectivity index (χ0v) is 11.3. The summed E-state index contributed by atoms with van der Waals surface area (Å²) in [6.07, 6.45) is 4.84. The maximum absolute atomic E-state index is 4.50. The van der Waals surface area contributed by atoms with Crippen molar-refractivity contribution in [1.29, 1.82) is 0 Å². The molecule has 0 aliphatic carbocycles. The third kappa shape index (κ3) is 3.18. The molecule has 84 valence electrons. The lowest BCUT2D eigenvalue weighted by molar-refractivity contribution is 0.513. The Balaban J connectivity index is 2.97. The summed E-state index contributed by atoms with van der Waals surface area (Å²) in [5.41, 5.74) is 1.42. The van der Waals surface area contributed by atoms with Crippen molar-refractivity contribution in [2.24, 2.45) is 0 Å². The summed E-state index contributed by atoms with van der Waals surface area (Å²) in [4.78, 5) is 0. The molecule has 0 saturated carbocycles. The smallest absolute Gasteiger partial charge is 0.0509 e. The highest BCUT2D eigenvalue weighted by molar-refractivity contribution is 8.69.